The highest BCUT2D eigenvalue weighted by atomic mass is 16.7. The monoisotopic (exact) mass is 734 g/mol. The fourth-order valence-electron chi connectivity index (χ4n) is 6.03. The van der Waals surface area contributed by atoms with Crippen LogP contribution in [-0.4, -0.2) is 107 Å². The highest BCUT2D eigenvalue weighted by Crippen LogP contribution is 2.30. The number of rotatable bonds is 15. The van der Waals surface area contributed by atoms with Crippen LogP contribution in [0.5, 0.6) is 0 Å². The summed E-state index contributed by atoms with van der Waals surface area (Å²) in [5, 5.41) is 47.7. The van der Waals surface area contributed by atoms with E-state index in [1.54, 1.807) is 0 Å². The lowest BCUT2D eigenvalue weighted by molar-refractivity contribution is -0.317. The van der Waals surface area contributed by atoms with E-state index in [4.69, 9.17) is 38.3 Å². The molecule has 2 saturated heterocycles. The average molecular weight is 735 g/mol. The minimum atomic E-state index is -1.36. The van der Waals surface area contributed by atoms with Crippen LogP contribution in [-0.2, 0) is 59.6 Å². The smallest absolute Gasteiger partial charge is 0.186 e. The zero-order valence-electron chi connectivity index (χ0n) is 29.7. The maximum Gasteiger partial charge on any atom is 0.186 e. The Kier molecular flexibility index (Phi) is 16.3. The second-order valence-electron chi connectivity index (χ2n) is 12.8. The van der Waals surface area contributed by atoms with Crippen LogP contribution in [0.3, 0.4) is 0 Å². The molecular formula is C41H50O12. The molecule has 53 heavy (non-hydrogen) atoms. The number of benzene rings is 4. The van der Waals surface area contributed by atoms with Crippen LogP contribution < -0.4 is 0 Å². The van der Waals surface area contributed by atoms with Crippen molar-refractivity contribution in [2.75, 3.05) is 20.3 Å². The van der Waals surface area contributed by atoms with Crippen LogP contribution in [0.15, 0.2) is 121 Å². The topological polar surface area (TPSA) is 166 Å². The standard InChI is InChI=1S/C34H36O6.C7H14O6/c35-34-33(39-24-29-19-11-4-12-20-29)32(38-23-28-17-9-3-10-18-28)31(37-22-27-15-7-2-8-16-27)30(40-34)25-36-21-26-13-5-1-6-14-26;1-12-7-6(11)5(10)4(9)3(2-8)13-7/h1-20,30-35H,21-25H2;3-11H,2H2,1H3/t30-,31-,32+,33-,34+;3-,4-,5+,6-,7+/m11/s1. The van der Waals surface area contributed by atoms with Gasteiger partial charge >= 0.3 is 0 Å². The second kappa shape index (κ2) is 21.3. The highest BCUT2D eigenvalue weighted by molar-refractivity contribution is 5.16. The van der Waals surface area contributed by atoms with Gasteiger partial charge in [-0.2, -0.15) is 0 Å². The predicted molar refractivity (Wildman–Crippen MR) is 193 cm³/mol. The Hall–Kier alpha value is -3.60. The van der Waals surface area contributed by atoms with E-state index in [1.165, 1.54) is 7.11 Å². The molecule has 10 atom stereocenters. The maximum absolute atomic E-state index is 11.2. The Morgan fingerprint density at radius 1 is 0.491 bits per heavy atom. The Labute approximate surface area is 310 Å². The van der Waals surface area contributed by atoms with Gasteiger partial charge < -0.3 is 58.7 Å². The Bertz CT molecular complexity index is 1530. The lowest BCUT2D eigenvalue weighted by Crippen LogP contribution is -2.61. The molecule has 12 nitrogen and oxygen atoms in total. The first-order valence-corrected chi connectivity index (χ1v) is 17.6. The van der Waals surface area contributed by atoms with Crippen molar-refractivity contribution in [3.05, 3.63) is 144 Å². The van der Waals surface area contributed by atoms with Crippen molar-refractivity contribution in [2.45, 2.75) is 87.8 Å². The van der Waals surface area contributed by atoms with Crippen LogP contribution in [0.4, 0.5) is 0 Å². The van der Waals surface area contributed by atoms with E-state index in [-0.39, 0.29) is 6.61 Å². The maximum atomic E-state index is 11.2. The zero-order chi connectivity index (χ0) is 37.4. The Balaban J connectivity index is 0.000000352. The number of ether oxygens (including phenoxy) is 7. The fraction of sp³-hybridized carbons (Fsp3) is 0.415. The van der Waals surface area contributed by atoms with E-state index in [0.29, 0.717) is 26.4 Å². The van der Waals surface area contributed by atoms with Gasteiger partial charge in [0.2, 0.25) is 0 Å². The van der Waals surface area contributed by atoms with Crippen molar-refractivity contribution < 1.29 is 58.7 Å². The summed E-state index contributed by atoms with van der Waals surface area (Å²) in [6.07, 6.45) is -9.63. The second-order valence-corrected chi connectivity index (χ2v) is 12.8. The molecule has 4 aromatic rings. The third-order valence-corrected chi connectivity index (χ3v) is 8.94. The molecule has 0 saturated carbocycles. The molecule has 5 N–H and O–H groups in total. The molecule has 0 aliphatic carbocycles. The number of hydrogen-bond donors (Lipinski definition) is 5. The minimum Gasteiger partial charge on any atom is -0.394 e. The molecule has 0 bridgehead atoms. The van der Waals surface area contributed by atoms with Gasteiger partial charge in [-0.25, -0.2) is 0 Å². The molecule has 6 rings (SSSR count). The molecule has 0 spiro atoms. The van der Waals surface area contributed by atoms with Crippen molar-refractivity contribution in [1.82, 2.24) is 0 Å². The van der Waals surface area contributed by atoms with E-state index in [1.807, 2.05) is 121 Å². The zero-order valence-corrected chi connectivity index (χ0v) is 29.7. The summed E-state index contributed by atoms with van der Waals surface area (Å²) >= 11 is 0. The number of aliphatic hydroxyl groups is 5. The summed E-state index contributed by atoms with van der Waals surface area (Å²) in [5.41, 5.74) is 4.10. The van der Waals surface area contributed by atoms with E-state index in [2.05, 4.69) is 0 Å². The molecule has 0 unspecified atom stereocenters. The highest BCUT2D eigenvalue weighted by Gasteiger charge is 2.48. The normalized spacial score (nSPS) is 28.5. The Morgan fingerprint density at radius 2 is 0.925 bits per heavy atom. The van der Waals surface area contributed by atoms with Crippen molar-refractivity contribution in [1.29, 1.82) is 0 Å². The summed E-state index contributed by atoms with van der Waals surface area (Å²) < 4.78 is 41.1. The lowest BCUT2D eigenvalue weighted by atomic mass is 9.98. The van der Waals surface area contributed by atoms with Gasteiger partial charge in [-0.1, -0.05) is 121 Å². The van der Waals surface area contributed by atoms with E-state index >= 15 is 0 Å². The molecule has 0 amide bonds. The van der Waals surface area contributed by atoms with Crippen molar-refractivity contribution in [3.63, 3.8) is 0 Å². The molecule has 0 aromatic heterocycles. The molecule has 2 aliphatic heterocycles. The predicted octanol–water partition coefficient (Wildman–Crippen LogP) is 3.11. The summed E-state index contributed by atoms with van der Waals surface area (Å²) in [7, 11) is 1.30. The largest absolute Gasteiger partial charge is 0.394 e. The van der Waals surface area contributed by atoms with Gasteiger partial charge in [0.25, 0.3) is 0 Å². The van der Waals surface area contributed by atoms with Crippen molar-refractivity contribution in [3.8, 4) is 0 Å². The molecule has 2 heterocycles. The summed E-state index contributed by atoms with van der Waals surface area (Å²) in [6, 6.07) is 39.7. The number of aliphatic hydroxyl groups excluding tert-OH is 5. The van der Waals surface area contributed by atoms with Gasteiger partial charge in [-0.05, 0) is 22.3 Å². The first kappa shape index (κ1) is 40.6. The summed E-state index contributed by atoms with van der Waals surface area (Å²) in [6.45, 7) is 1.21. The molecular weight excluding hydrogens is 684 g/mol. The lowest BCUT2D eigenvalue weighted by Gasteiger charge is -2.44. The van der Waals surface area contributed by atoms with Gasteiger partial charge in [0.15, 0.2) is 12.6 Å². The molecule has 0 radical (unpaired) electrons. The Morgan fingerprint density at radius 3 is 1.38 bits per heavy atom. The summed E-state index contributed by atoms with van der Waals surface area (Å²) in [4.78, 5) is 0. The van der Waals surface area contributed by atoms with Crippen molar-refractivity contribution >= 4 is 0 Å². The van der Waals surface area contributed by atoms with Gasteiger partial charge in [0.05, 0.1) is 39.6 Å². The average Bonchev–Trinajstić information content (AvgIpc) is 3.20. The minimum absolute atomic E-state index is 0.224. The number of hydrogen-bond acceptors (Lipinski definition) is 12. The van der Waals surface area contributed by atoms with Gasteiger partial charge in [0, 0.05) is 7.11 Å². The number of methoxy groups -OCH3 is 1. The van der Waals surface area contributed by atoms with E-state index < -0.39 is 68.0 Å². The van der Waals surface area contributed by atoms with E-state index in [9.17, 15) is 20.4 Å². The molecule has 4 aromatic carbocycles. The van der Waals surface area contributed by atoms with Crippen LogP contribution in [0.1, 0.15) is 22.3 Å². The van der Waals surface area contributed by atoms with E-state index in [0.717, 1.165) is 22.3 Å². The first-order valence-electron chi connectivity index (χ1n) is 17.6. The van der Waals surface area contributed by atoms with Gasteiger partial charge in [-0.15, -0.1) is 0 Å². The first-order chi connectivity index (χ1) is 25.9. The van der Waals surface area contributed by atoms with Gasteiger partial charge in [0.1, 0.15) is 48.8 Å². The third-order valence-electron chi connectivity index (χ3n) is 8.94. The quantitative estimate of drug-likeness (QED) is 0.121. The SMILES string of the molecule is CO[C@H]1O[C@H](CO)[C@@H](O)[C@H](O)[C@H]1O.O[C@H]1O[C@H](COCc2ccccc2)[C@@H](OCc2ccccc2)[C@H](OCc2ccccc2)[C@H]1OCc1ccccc1. The molecule has 286 valence electrons. The van der Waals surface area contributed by atoms with Crippen LogP contribution in [0.2, 0.25) is 0 Å². The van der Waals surface area contributed by atoms with Crippen LogP contribution in [0.25, 0.3) is 0 Å². The van der Waals surface area contributed by atoms with Crippen LogP contribution in [0, 0.1) is 0 Å². The third kappa shape index (κ3) is 11.9. The molecule has 2 aliphatic rings. The molecule has 2 fully saturated rings. The van der Waals surface area contributed by atoms with Crippen molar-refractivity contribution in [2.24, 2.45) is 0 Å². The molecule has 12 heteroatoms. The van der Waals surface area contributed by atoms with Gasteiger partial charge in [-0.3, -0.25) is 0 Å². The van der Waals surface area contributed by atoms with Crippen LogP contribution >= 0.6 is 0 Å². The summed E-state index contributed by atoms with van der Waals surface area (Å²) in [5.74, 6) is 0. The fourth-order valence-corrected chi connectivity index (χ4v) is 6.03.